The molecule has 2 aliphatic rings. The van der Waals surface area contributed by atoms with Gasteiger partial charge in [-0.25, -0.2) is 9.97 Å². The number of nitrogens with zero attached hydrogens (tertiary/aromatic N) is 2. The highest BCUT2D eigenvalue weighted by molar-refractivity contribution is 8.06. The van der Waals surface area contributed by atoms with Gasteiger partial charge in [0.2, 0.25) is 0 Å². The van der Waals surface area contributed by atoms with Crippen LogP contribution in [0.3, 0.4) is 0 Å². The van der Waals surface area contributed by atoms with Crippen molar-refractivity contribution < 1.29 is 0 Å². The second kappa shape index (κ2) is 7.03. The standard InChI is InChI=1S/C15H23N3S2/c1-2-7-16-14-11-5-3-4-6-12(11)17-15(18-14)13-10-19-8-9-20-13/h13H,2-10H2,1H3,(H,16,17,18). The van der Waals surface area contributed by atoms with E-state index < -0.39 is 0 Å². The van der Waals surface area contributed by atoms with Crippen molar-refractivity contribution in [3.63, 3.8) is 0 Å². The third kappa shape index (κ3) is 3.25. The molecule has 0 aromatic carbocycles. The first-order chi connectivity index (χ1) is 9.88. The highest BCUT2D eigenvalue weighted by Crippen LogP contribution is 2.37. The Morgan fingerprint density at radius 3 is 2.90 bits per heavy atom. The molecule has 1 aliphatic heterocycles. The summed E-state index contributed by atoms with van der Waals surface area (Å²) in [4.78, 5) is 9.81. The molecule has 2 heterocycles. The Morgan fingerprint density at radius 1 is 1.20 bits per heavy atom. The van der Waals surface area contributed by atoms with Crippen LogP contribution in [0.2, 0.25) is 0 Å². The highest BCUT2D eigenvalue weighted by atomic mass is 32.2. The number of nitrogens with one attached hydrogen (secondary N) is 1. The van der Waals surface area contributed by atoms with Gasteiger partial charge in [-0.15, -0.1) is 11.8 Å². The Hall–Kier alpha value is -0.420. The molecule has 0 radical (unpaired) electrons. The minimum atomic E-state index is 0.489. The summed E-state index contributed by atoms with van der Waals surface area (Å²) in [6, 6.07) is 0. The lowest BCUT2D eigenvalue weighted by Gasteiger charge is -2.24. The first kappa shape index (κ1) is 14.5. The Labute approximate surface area is 130 Å². The summed E-state index contributed by atoms with van der Waals surface area (Å²) in [6.45, 7) is 3.21. The average molecular weight is 310 g/mol. The normalized spacial score (nSPS) is 22.4. The number of thioether (sulfide) groups is 2. The van der Waals surface area contributed by atoms with Crippen molar-refractivity contribution in [2.45, 2.75) is 44.3 Å². The Kier molecular flexibility index (Phi) is 5.10. The van der Waals surface area contributed by atoms with Crippen LogP contribution in [-0.4, -0.2) is 33.8 Å². The van der Waals surface area contributed by atoms with Crippen LogP contribution in [0.15, 0.2) is 0 Å². The van der Waals surface area contributed by atoms with Crippen LogP contribution in [0.4, 0.5) is 5.82 Å². The molecule has 0 spiro atoms. The first-order valence-electron chi connectivity index (χ1n) is 7.71. The van der Waals surface area contributed by atoms with Gasteiger partial charge in [0.15, 0.2) is 0 Å². The maximum atomic E-state index is 4.92. The van der Waals surface area contributed by atoms with E-state index in [1.54, 1.807) is 0 Å². The summed E-state index contributed by atoms with van der Waals surface area (Å²) in [6.07, 6.45) is 5.99. The SMILES string of the molecule is CCCNc1nc(C2CSCCS2)nc2c1CCCC2. The molecule has 0 amide bonds. The van der Waals surface area contributed by atoms with Crippen molar-refractivity contribution in [1.82, 2.24) is 9.97 Å². The molecule has 110 valence electrons. The molecular formula is C15H23N3S2. The predicted octanol–water partition coefficient (Wildman–Crippen LogP) is 3.70. The van der Waals surface area contributed by atoms with Crippen LogP contribution < -0.4 is 5.32 Å². The van der Waals surface area contributed by atoms with Gasteiger partial charge in [-0.1, -0.05) is 6.92 Å². The molecule has 1 unspecified atom stereocenters. The molecule has 1 N–H and O–H groups in total. The molecule has 3 nitrogen and oxygen atoms in total. The number of aryl methyl sites for hydroxylation is 1. The molecule has 5 heteroatoms. The highest BCUT2D eigenvalue weighted by Gasteiger charge is 2.23. The van der Waals surface area contributed by atoms with Gasteiger partial charge in [-0.05, 0) is 32.1 Å². The van der Waals surface area contributed by atoms with E-state index in [-0.39, 0.29) is 0 Å². The predicted molar refractivity (Wildman–Crippen MR) is 90.0 cm³/mol. The lowest BCUT2D eigenvalue weighted by molar-refractivity contribution is 0.655. The summed E-state index contributed by atoms with van der Waals surface area (Å²) in [5.74, 6) is 5.86. The molecular weight excluding hydrogens is 286 g/mol. The number of hydrogen-bond donors (Lipinski definition) is 1. The van der Waals surface area contributed by atoms with Gasteiger partial charge in [0.05, 0.1) is 5.25 Å². The number of anilines is 1. The molecule has 1 aromatic heterocycles. The van der Waals surface area contributed by atoms with E-state index in [1.807, 2.05) is 23.5 Å². The molecule has 1 aromatic rings. The summed E-state index contributed by atoms with van der Waals surface area (Å²) in [5, 5.41) is 4.02. The third-order valence-electron chi connectivity index (χ3n) is 3.85. The topological polar surface area (TPSA) is 37.8 Å². The molecule has 1 fully saturated rings. The first-order valence-corrected chi connectivity index (χ1v) is 9.91. The second-order valence-electron chi connectivity index (χ2n) is 5.42. The van der Waals surface area contributed by atoms with Gasteiger partial charge < -0.3 is 5.32 Å². The molecule has 1 atom stereocenters. The van der Waals surface area contributed by atoms with Crippen LogP contribution in [0, 0.1) is 0 Å². The number of aromatic nitrogens is 2. The van der Waals surface area contributed by atoms with Crippen LogP contribution in [0.1, 0.15) is 48.5 Å². The van der Waals surface area contributed by atoms with Crippen molar-refractivity contribution in [2.75, 3.05) is 29.1 Å². The Balaban J connectivity index is 1.89. The van der Waals surface area contributed by atoms with Crippen LogP contribution in [0.25, 0.3) is 0 Å². The minimum Gasteiger partial charge on any atom is -0.370 e. The van der Waals surface area contributed by atoms with Gasteiger partial charge in [-0.2, -0.15) is 11.8 Å². The molecule has 1 aliphatic carbocycles. The quantitative estimate of drug-likeness (QED) is 0.918. The zero-order chi connectivity index (χ0) is 13.8. The fourth-order valence-electron chi connectivity index (χ4n) is 2.78. The molecule has 20 heavy (non-hydrogen) atoms. The van der Waals surface area contributed by atoms with E-state index >= 15 is 0 Å². The minimum absolute atomic E-state index is 0.489. The molecule has 0 saturated carbocycles. The Morgan fingerprint density at radius 2 is 2.10 bits per heavy atom. The lowest BCUT2D eigenvalue weighted by atomic mass is 9.96. The molecule has 1 saturated heterocycles. The third-order valence-corrected chi connectivity index (χ3v) is 6.60. The lowest BCUT2D eigenvalue weighted by Crippen LogP contribution is -2.18. The number of rotatable bonds is 4. The zero-order valence-corrected chi connectivity index (χ0v) is 13.8. The van der Waals surface area contributed by atoms with Crippen LogP contribution >= 0.6 is 23.5 Å². The van der Waals surface area contributed by atoms with E-state index in [0.717, 1.165) is 43.2 Å². The van der Waals surface area contributed by atoms with Crippen molar-refractivity contribution in [2.24, 2.45) is 0 Å². The maximum Gasteiger partial charge on any atom is 0.144 e. The number of fused-ring (bicyclic) bond motifs is 1. The van der Waals surface area contributed by atoms with Crippen molar-refractivity contribution in [1.29, 1.82) is 0 Å². The van der Waals surface area contributed by atoms with E-state index in [4.69, 9.17) is 9.97 Å². The van der Waals surface area contributed by atoms with Crippen molar-refractivity contribution in [3.8, 4) is 0 Å². The smallest absolute Gasteiger partial charge is 0.144 e. The van der Waals surface area contributed by atoms with E-state index in [0.29, 0.717) is 5.25 Å². The number of hydrogen-bond acceptors (Lipinski definition) is 5. The Bertz CT molecular complexity index is 459. The maximum absolute atomic E-state index is 4.92. The average Bonchev–Trinajstić information content (AvgIpc) is 2.53. The summed E-state index contributed by atoms with van der Waals surface area (Å²) >= 11 is 4.06. The van der Waals surface area contributed by atoms with Gasteiger partial charge in [0.25, 0.3) is 0 Å². The van der Waals surface area contributed by atoms with Crippen molar-refractivity contribution >= 4 is 29.3 Å². The van der Waals surface area contributed by atoms with Gasteiger partial charge in [0, 0.05) is 35.1 Å². The summed E-state index contributed by atoms with van der Waals surface area (Å²) in [7, 11) is 0. The summed E-state index contributed by atoms with van der Waals surface area (Å²) in [5.41, 5.74) is 2.71. The van der Waals surface area contributed by atoms with Crippen LogP contribution in [-0.2, 0) is 12.8 Å². The zero-order valence-electron chi connectivity index (χ0n) is 12.2. The fraction of sp³-hybridized carbons (Fsp3) is 0.733. The monoisotopic (exact) mass is 309 g/mol. The van der Waals surface area contributed by atoms with Gasteiger partial charge >= 0.3 is 0 Å². The van der Waals surface area contributed by atoms with Crippen LogP contribution in [0.5, 0.6) is 0 Å². The fourth-order valence-corrected chi connectivity index (χ4v) is 5.38. The molecule has 0 bridgehead atoms. The van der Waals surface area contributed by atoms with Crippen molar-refractivity contribution in [3.05, 3.63) is 17.1 Å². The van der Waals surface area contributed by atoms with E-state index in [2.05, 4.69) is 12.2 Å². The summed E-state index contributed by atoms with van der Waals surface area (Å²) < 4.78 is 0. The second-order valence-corrected chi connectivity index (χ2v) is 7.88. The van der Waals surface area contributed by atoms with E-state index in [9.17, 15) is 0 Å². The van der Waals surface area contributed by atoms with Gasteiger partial charge in [-0.3, -0.25) is 0 Å². The largest absolute Gasteiger partial charge is 0.370 e. The van der Waals surface area contributed by atoms with Gasteiger partial charge in [0.1, 0.15) is 11.6 Å². The van der Waals surface area contributed by atoms with E-state index in [1.165, 1.54) is 35.6 Å². The molecule has 3 rings (SSSR count).